The number of urea groups is 1. The average molecular weight is 1160 g/mol. The third kappa shape index (κ3) is 12.7. The molecule has 6 aromatic rings. The first-order chi connectivity index (χ1) is 40.6. The van der Waals surface area contributed by atoms with Crippen molar-refractivity contribution in [1.29, 1.82) is 0 Å². The van der Waals surface area contributed by atoms with Gasteiger partial charge in [0.1, 0.15) is 48.0 Å². The summed E-state index contributed by atoms with van der Waals surface area (Å²) in [5, 5.41) is 8.35. The molecule has 4 aliphatic rings. The highest BCUT2D eigenvalue weighted by Crippen LogP contribution is 2.47. The van der Waals surface area contributed by atoms with Crippen molar-refractivity contribution in [3.63, 3.8) is 0 Å². The fourth-order valence-electron chi connectivity index (χ4n) is 11.8. The van der Waals surface area contributed by atoms with Gasteiger partial charge in [-0.1, -0.05) is 85.8 Å². The van der Waals surface area contributed by atoms with Gasteiger partial charge in [0.2, 0.25) is 11.8 Å². The number of unbranched alkanes of at least 4 members (excludes halogenated alkanes) is 5. The Morgan fingerprint density at radius 1 is 0.905 bits per heavy atom. The summed E-state index contributed by atoms with van der Waals surface area (Å²) in [4.78, 5) is 83.5. The molecule has 2 bridgehead atoms. The molecule has 4 aromatic carbocycles. The van der Waals surface area contributed by atoms with E-state index in [-0.39, 0.29) is 73.7 Å². The molecule has 4 aliphatic heterocycles. The van der Waals surface area contributed by atoms with Gasteiger partial charge in [-0.15, -0.1) is 5.10 Å². The summed E-state index contributed by atoms with van der Waals surface area (Å²) in [6, 6.07) is 23.6. The number of carbonyl (C=O) groups is 4. The summed E-state index contributed by atoms with van der Waals surface area (Å²) >= 11 is 6.41. The number of nitrogens with two attached hydrogens (primary N) is 1. The van der Waals surface area contributed by atoms with Crippen molar-refractivity contribution in [2.45, 2.75) is 116 Å². The molecule has 0 radical (unpaired) electrons. The van der Waals surface area contributed by atoms with Crippen LogP contribution in [0.25, 0.3) is 16.1 Å². The predicted octanol–water partition coefficient (Wildman–Crippen LogP) is 10.7. The van der Waals surface area contributed by atoms with Crippen molar-refractivity contribution in [3.05, 3.63) is 152 Å². The van der Waals surface area contributed by atoms with Crippen LogP contribution < -0.4 is 25.4 Å². The summed E-state index contributed by atoms with van der Waals surface area (Å²) in [6.45, 7) is 16.4. The van der Waals surface area contributed by atoms with E-state index in [4.69, 9.17) is 48.5 Å². The van der Waals surface area contributed by atoms with Gasteiger partial charge >= 0.3 is 6.03 Å². The number of amidine groups is 1. The molecule has 84 heavy (non-hydrogen) atoms. The number of nitrogens with one attached hydrogen (secondary N) is 1. The fourth-order valence-corrected chi connectivity index (χ4v) is 11.9. The first kappa shape index (κ1) is 58.6. The number of halogens is 2. The van der Waals surface area contributed by atoms with Gasteiger partial charge in [-0.25, -0.2) is 19.2 Å². The van der Waals surface area contributed by atoms with Crippen molar-refractivity contribution < 1.29 is 33.0 Å². The van der Waals surface area contributed by atoms with Crippen LogP contribution >= 0.6 is 11.6 Å². The maximum Gasteiger partial charge on any atom is 0.326 e. The maximum atomic E-state index is 15.2. The number of ether oxygens (including phenoxy) is 2. The van der Waals surface area contributed by atoms with Crippen LogP contribution in [-0.2, 0) is 22.7 Å². The number of nitrogens with zero attached hydrogens (tertiary/aromatic N) is 11. The Morgan fingerprint density at radius 3 is 2.38 bits per heavy atom. The normalized spacial score (nSPS) is 17.7. The SMILES string of the molecule is [C-]#[N+]c1c2c(nn1CCNC(=O)CCCCCCCCN1CCN(C(=O)N3C(c4ccc(OC)cc4OC(C)C)=N[C@@H](c4ccc(C)cc4)[C@H]3c3ccc(Cl)cc3)CC1=O)CN(C)C(=O)c1ccc(F)cc1[C@H]1CCCN1c1nc-2cnc1N. The number of aliphatic imine (C=N–C) groups is 1. The molecule has 2 aromatic heterocycles. The molecule has 19 nitrogen and oxygen atoms in total. The summed E-state index contributed by atoms with van der Waals surface area (Å²) in [5.41, 5.74) is 12.1. The van der Waals surface area contributed by atoms with Gasteiger partial charge in [0.05, 0.1) is 61.4 Å². The van der Waals surface area contributed by atoms with Crippen LogP contribution in [0.1, 0.15) is 134 Å². The van der Waals surface area contributed by atoms with Gasteiger partial charge in [0.25, 0.3) is 11.7 Å². The molecule has 3 N–H and O–H groups in total. The molecule has 21 heteroatoms. The van der Waals surface area contributed by atoms with Gasteiger partial charge in [0, 0.05) is 56.3 Å². The number of fused-ring (bicyclic) bond motifs is 8. The fraction of sp³-hybridized carbons (Fsp3) is 0.413. The number of aromatic nitrogens is 4. The monoisotopic (exact) mass is 1160 g/mol. The van der Waals surface area contributed by atoms with E-state index < -0.39 is 17.9 Å². The number of piperazine rings is 1. The number of carbonyl (C=O) groups excluding carboxylic acids is 4. The highest BCUT2D eigenvalue weighted by molar-refractivity contribution is 6.30. The lowest BCUT2D eigenvalue weighted by Gasteiger charge is -2.38. The Bertz CT molecular complexity index is 3490. The predicted molar refractivity (Wildman–Crippen MR) is 320 cm³/mol. The zero-order valence-corrected chi connectivity index (χ0v) is 48.9. The molecular weight excluding hydrogens is 1090 g/mol. The van der Waals surface area contributed by atoms with Crippen LogP contribution in [0, 0.1) is 19.3 Å². The highest BCUT2D eigenvalue weighted by Gasteiger charge is 2.46. The standard InChI is InChI=1S/C63H71ClFN13O6/c1-39(2)84-52-35-45(83-6)25-27-47(52)59-71-56(41-18-16-40(3)17-19-41)57(42-20-22-43(64)23-21-42)78(59)63(82)75-33-32-74(54(80)38-75)29-12-10-8-7-9-11-15-53(79)68-28-31-77-60(67-4)55-49-36-69-58(66)61(70-49)76-30-13-14-51(76)48-34-44(65)24-26-46(48)62(81)73(5)37-50(55)72-77/h16-27,34-36,39,51,56-57H,7-15,28-33,37-38H2,1-3,5-6H3,(H2,66,69)(H,68,79)/t51-,56+,57-/m1/s1. The van der Waals surface area contributed by atoms with E-state index in [1.807, 2.05) is 97.3 Å². The quantitative estimate of drug-likeness (QED) is 0.0613. The molecule has 438 valence electrons. The van der Waals surface area contributed by atoms with Crippen LogP contribution in [0.15, 0.2) is 96.1 Å². The first-order valence-corrected chi connectivity index (χ1v) is 29.3. The minimum atomic E-state index is -0.566. The zero-order chi connectivity index (χ0) is 59.2. The molecule has 0 saturated carbocycles. The van der Waals surface area contributed by atoms with E-state index in [9.17, 15) is 18.8 Å². The lowest BCUT2D eigenvalue weighted by Crippen LogP contribution is -2.56. The third-order valence-corrected chi connectivity index (χ3v) is 16.3. The molecular formula is C63H71ClFN13O6. The third-order valence-electron chi connectivity index (χ3n) is 16.0. The van der Waals surface area contributed by atoms with Crippen molar-refractivity contribution in [3.8, 4) is 22.8 Å². The number of hydrogen-bond donors (Lipinski definition) is 2. The van der Waals surface area contributed by atoms with Crippen LogP contribution in [-0.4, -0.2) is 128 Å². The number of benzene rings is 4. The number of amides is 5. The number of aryl methyl sites for hydroxylation is 1. The topological polar surface area (TPSA) is 201 Å². The molecule has 2 fully saturated rings. The number of methoxy groups -OCH3 is 1. The summed E-state index contributed by atoms with van der Waals surface area (Å²) in [5.74, 6) is 1.34. The number of rotatable bonds is 18. The van der Waals surface area contributed by atoms with Crippen LogP contribution in [0.5, 0.6) is 11.5 Å². The van der Waals surface area contributed by atoms with E-state index in [2.05, 4.69) is 15.1 Å². The largest absolute Gasteiger partial charge is 0.497 e. The van der Waals surface area contributed by atoms with Crippen molar-refractivity contribution in [1.82, 2.24) is 44.7 Å². The first-order valence-electron chi connectivity index (χ1n) is 28.9. The number of anilines is 2. The second-order valence-electron chi connectivity index (χ2n) is 22.2. The average Bonchev–Trinajstić information content (AvgIpc) is 3.28. The van der Waals surface area contributed by atoms with Crippen molar-refractivity contribution in [2.24, 2.45) is 4.99 Å². The van der Waals surface area contributed by atoms with Gasteiger partial charge < -0.3 is 45.0 Å². The maximum absolute atomic E-state index is 15.2. The van der Waals surface area contributed by atoms with Gasteiger partial charge in [-0.05, 0) is 106 Å². The highest BCUT2D eigenvalue weighted by atomic mass is 35.5. The molecule has 3 atom stereocenters. The number of hydrogen-bond acceptors (Lipinski definition) is 12. The molecule has 0 spiro atoms. The van der Waals surface area contributed by atoms with Gasteiger partial charge in [-0.2, -0.15) is 4.68 Å². The second-order valence-corrected chi connectivity index (χ2v) is 22.6. The smallest absolute Gasteiger partial charge is 0.326 e. The van der Waals surface area contributed by atoms with Crippen LogP contribution in [0.4, 0.5) is 26.6 Å². The van der Waals surface area contributed by atoms with E-state index in [1.165, 1.54) is 34.0 Å². The summed E-state index contributed by atoms with van der Waals surface area (Å²) < 4.78 is 28.2. The Balaban J connectivity index is 0.712. The van der Waals surface area contributed by atoms with Gasteiger partial charge in [-0.3, -0.25) is 24.3 Å². The zero-order valence-electron chi connectivity index (χ0n) is 48.2. The number of nitrogen functional groups attached to an aromatic ring is 1. The van der Waals surface area contributed by atoms with Crippen LogP contribution in [0.2, 0.25) is 5.02 Å². The van der Waals surface area contributed by atoms with Crippen LogP contribution in [0.3, 0.4) is 0 Å². The van der Waals surface area contributed by atoms with Crippen molar-refractivity contribution >= 4 is 58.6 Å². The molecule has 10 rings (SSSR count). The Morgan fingerprint density at radius 2 is 1.64 bits per heavy atom. The summed E-state index contributed by atoms with van der Waals surface area (Å²) in [7, 11) is 3.24. The molecule has 0 aliphatic carbocycles. The Labute approximate surface area is 494 Å². The lowest BCUT2D eigenvalue weighted by molar-refractivity contribution is -0.135. The molecule has 6 heterocycles. The van der Waals surface area contributed by atoms with E-state index >= 15 is 4.79 Å². The van der Waals surface area contributed by atoms with E-state index in [1.54, 1.807) is 24.0 Å². The molecule has 0 unspecified atom stereocenters. The Kier molecular flexibility index (Phi) is 18.1. The lowest BCUT2D eigenvalue weighted by atomic mass is 9.93. The minimum Gasteiger partial charge on any atom is -0.497 e. The molecule has 5 amide bonds. The van der Waals surface area contributed by atoms with Crippen molar-refractivity contribution in [2.75, 3.05) is 64.1 Å². The minimum absolute atomic E-state index is 0.0311. The van der Waals surface area contributed by atoms with Gasteiger partial charge in [0.15, 0.2) is 11.6 Å². The Hall–Kier alpha value is -8.57. The summed E-state index contributed by atoms with van der Waals surface area (Å²) in [6.07, 6.45) is 8.25. The van der Waals surface area contributed by atoms with E-state index in [0.717, 1.165) is 55.2 Å². The van der Waals surface area contributed by atoms with E-state index in [0.29, 0.717) is 107 Å². The second kappa shape index (κ2) is 25.9. The molecule has 2 saturated heterocycles.